The van der Waals surface area contributed by atoms with Crippen molar-refractivity contribution in [1.29, 1.82) is 0 Å². The van der Waals surface area contributed by atoms with Gasteiger partial charge in [-0.3, -0.25) is 13.9 Å². The Kier molecular flexibility index (Phi) is 10.7. The summed E-state index contributed by atoms with van der Waals surface area (Å²) in [5, 5.41) is 3.53. The first kappa shape index (κ1) is 32.0. The summed E-state index contributed by atoms with van der Waals surface area (Å²) in [7, 11) is -4.16. The molecule has 1 aliphatic carbocycles. The number of aryl methyl sites for hydroxylation is 2. The number of sulfonamides is 1. The molecule has 7 nitrogen and oxygen atoms in total. The standard InChI is InChI=1S/C32H37BrClN3O4S/c1-22-9-16-29(19-23(22)2)37(42(40,41)30-17-14-27(34)15-18-30)21-31(38)36(20-25-10-12-26(33)13-11-25)24(3)32(39)35-28-7-5-4-6-8-28/h9-19,24,28H,4-8,20-21H2,1-3H3,(H,35,39)/t24-/m0/s1. The van der Waals surface area contributed by atoms with Crippen molar-refractivity contribution >= 4 is 55.1 Å². The number of carbonyl (C=O) groups is 2. The van der Waals surface area contributed by atoms with Gasteiger partial charge in [0.1, 0.15) is 12.6 Å². The maximum Gasteiger partial charge on any atom is 0.264 e. The van der Waals surface area contributed by atoms with Crippen molar-refractivity contribution in [1.82, 2.24) is 10.2 Å². The predicted molar refractivity (Wildman–Crippen MR) is 171 cm³/mol. The van der Waals surface area contributed by atoms with Crippen LogP contribution < -0.4 is 9.62 Å². The van der Waals surface area contributed by atoms with Crippen LogP contribution in [0.3, 0.4) is 0 Å². The van der Waals surface area contributed by atoms with Gasteiger partial charge in [-0.05, 0) is 98.8 Å². The second-order valence-corrected chi connectivity index (χ2v) is 14.1. The lowest BCUT2D eigenvalue weighted by Crippen LogP contribution is -2.53. The number of halogens is 2. The van der Waals surface area contributed by atoms with E-state index in [4.69, 9.17) is 11.6 Å². The summed E-state index contributed by atoms with van der Waals surface area (Å²) in [6.07, 6.45) is 5.12. The highest BCUT2D eigenvalue weighted by Crippen LogP contribution is 2.27. The van der Waals surface area contributed by atoms with E-state index in [9.17, 15) is 18.0 Å². The number of nitrogens with zero attached hydrogens (tertiary/aromatic N) is 2. The minimum atomic E-state index is -4.16. The van der Waals surface area contributed by atoms with Gasteiger partial charge in [0.25, 0.3) is 10.0 Å². The van der Waals surface area contributed by atoms with Crippen LogP contribution in [0, 0.1) is 13.8 Å². The van der Waals surface area contributed by atoms with E-state index in [2.05, 4.69) is 21.2 Å². The normalized spacial score (nSPS) is 14.7. The summed E-state index contributed by atoms with van der Waals surface area (Å²) in [6.45, 7) is 5.20. The smallest absolute Gasteiger partial charge is 0.264 e. The van der Waals surface area contributed by atoms with Crippen molar-refractivity contribution in [2.75, 3.05) is 10.8 Å². The molecule has 1 N–H and O–H groups in total. The van der Waals surface area contributed by atoms with E-state index in [-0.39, 0.29) is 23.4 Å². The van der Waals surface area contributed by atoms with Crippen molar-refractivity contribution in [3.05, 3.63) is 92.9 Å². The Labute approximate surface area is 262 Å². The van der Waals surface area contributed by atoms with E-state index in [1.807, 2.05) is 44.2 Å². The average molecular weight is 675 g/mol. The van der Waals surface area contributed by atoms with Gasteiger partial charge >= 0.3 is 0 Å². The molecular weight excluding hydrogens is 638 g/mol. The molecule has 0 spiro atoms. The van der Waals surface area contributed by atoms with Gasteiger partial charge in [-0.1, -0.05) is 65.0 Å². The number of anilines is 1. The predicted octanol–water partition coefficient (Wildman–Crippen LogP) is 6.78. The van der Waals surface area contributed by atoms with Gasteiger partial charge < -0.3 is 10.2 Å². The Balaban J connectivity index is 1.69. The molecule has 1 saturated carbocycles. The molecule has 2 amide bonds. The van der Waals surface area contributed by atoms with Gasteiger partial charge in [0.05, 0.1) is 10.6 Å². The van der Waals surface area contributed by atoms with E-state index >= 15 is 0 Å². The molecule has 3 aromatic rings. The van der Waals surface area contributed by atoms with Gasteiger partial charge in [-0.15, -0.1) is 0 Å². The Morgan fingerprint density at radius 1 is 0.952 bits per heavy atom. The Hall–Kier alpha value is -2.88. The fourth-order valence-corrected chi connectivity index (χ4v) is 6.88. The van der Waals surface area contributed by atoms with Crippen molar-refractivity contribution in [2.45, 2.75) is 76.4 Å². The third-order valence-electron chi connectivity index (χ3n) is 7.84. The largest absolute Gasteiger partial charge is 0.352 e. The lowest BCUT2D eigenvalue weighted by atomic mass is 9.95. The molecule has 0 bridgehead atoms. The number of rotatable bonds is 10. The molecule has 3 aromatic carbocycles. The molecule has 1 fully saturated rings. The molecule has 1 aliphatic rings. The Morgan fingerprint density at radius 3 is 2.21 bits per heavy atom. The summed E-state index contributed by atoms with van der Waals surface area (Å²) in [4.78, 5) is 29.0. The average Bonchev–Trinajstić information content (AvgIpc) is 2.97. The van der Waals surface area contributed by atoms with Crippen molar-refractivity contribution in [2.24, 2.45) is 0 Å². The van der Waals surface area contributed by atoms with Gasteiger partial charge in [0.15, 0.2) is 0 Å². The number of hydrogen-bond donors (Lipinski definition) is 1. The van der Waals surface area contributed by atoms with Crippen LogP contribution >= 0.6 is 27.5 Å². The molecule has 224 valence electrons. The topological polar surface area (TPSA) is 86.8 Å². The van der Waals surface area contributed by atoms with Crippen LogP contribution in [0.1, 0.15) is 55.7 Å². The highest BCUT2D eigenvalue weighted by atomic mass is 79.9. The van der Waals surface area contributed by atoms with E-state index in [0.717, 1.165) is 57.6 Å². The summed E-state index contributed by atoms with van der Waals surface area (Å²) in [5.74, 6) is -0.731. The fourth-order valence-electron chi connectivity index (χ4n) is 5.08. The van der Waals surface area contributed by atoms with E-state index in [0.29, 0.717) is 10.7 Å². The van der Waals surface area contributed by atoms with Crippen LogP contribution in [-0.2, 0) is 26.2 Å². The first-order valence-corrected chi connectivity index (χ1v) is 16.8. The first-order valence-electron chi connectivity index (χ1n) is 14.2. The van der Waals surface area contributed by atoms with Crippen LogP contribution in [0.25, 0.3) is 0 Å². The fraction of sp³-hybridized carbons (Fsp3) is 0.375. The highest BCUT2D eigenvalue weighted by molar-refractivity contribution is 9.10. The maximum atomic E-state index is 14.1. The van der Waals surface area contributed by atoms with Crippen LogP contribution in [0.2, 0.25) is 5.02 Å². The zero-order valence-corrected chi connectivity index (χ0v) is 27.3. The van der Waals surface area contributed by atoms with Crippen LogP contribution in [0.4, 0.5) is 5.69 Å². The van der Waals surface area contributed by atoms with Crippen molar-refractivity contribution in [3.8, 4) is 0 Å². The minimum absolute atomic E-state index is 0.0143. The number of benzene rings is 3. The van der Waals surface area contributed by atoms with Crippen LogP contribution in [-0.4, -0.2) is 43.8 Å². The minimum Gasteiger partial charge on any atom is -0.352 e. The molecule has 4 rings (SSSR count). The van der Waals surface area contributed by atoms with Gasteiger partial charge in [0.2, 0.25) is 11.8 Å². The van der Waals surface area contributed by atoms with Gasteiger partial charge in [0, 0.05) is 22.1 Å². The molecular formula is C32H37BrClN3O4S. The molecule has 42 heavy (non-hydrogen) atoms. The van der Waals surface area contributed by atoms with Crippen molar-refractivity contribution < 1.29 is 18.0 Å². The number of amides is 2. The van der Waals surface area contributed by atoms with Crippen molar-refractivity contribution in [3.63, 3.8) is 0 Å². The number of hydrogen-bond acceptors (Lipinski definition) is 4. The zero-order valence-electron chi connectivity index (χ0n) is 24.1. The molecule has 0 radical (unpaired) electrons. The zero-order chi connectivity index (χ0) is 30.4. The maximum absolute atomic E-state index is 14.1. The molecule has 0 heterocycles. The van der Waals surface area contributed by atoms with E-state index in [1.54, 1.807) is 19.1 Å². The highest BCUT2D eigenvalue weighted by Gasteiger charge is 2.33. The Bertz CT molecular complexity index is 1510. The molecule has 0 saturated heterocycles. The molecule has 1 atom stereocenters. The lowest BCUT2D eigenvalue weighted by molar-refractivity contribution is -0.139. The van der Waals surface area contributed by atoms with Gasteiger partial charge in [-0.25, -0.2) is 8.42 Å². The number of carbonyl (C=O) groups excluding carboxylic acids is 2. The van der Waals surface area contributed by atoms with E-state index < -0.39 is 28.5 Å². The molecule has 0 aromatic heterocycles. The summed E-state index contributed by atoms with van der Waals surface area (Å²) >= 11 is 9.47. The summed E-state index contributed by atoms with van der Waals surface area (Å²) in [6, 6.07) is 17.9. The lowest BCUT2D eigenvalue weighted by Gasteiger charge is -2.33. The third-order valence-corrected chi connectivity index (χ3v) is 10.4. The third kappa shape index (κ3) is 7.94. The molecule has 10 heteroatoms. The van der Waals surface area contributed by atoms with Crippen LogP contribution in [0.5, 0.6) is 0 Å². The monoisotopic (exact) mass is 673 g/mol. The SMILES string of the molecule is Cc1ccc(N(CC(=O)N(Cc2ccc(Br)cc2)[C@@H](C)C(=O)NC2CCCCC2)S(=O)(=O)c2ccc(Cl)cc2)cc1C. The Morgan fingerprint density at radius 2 is 1.60 bits per heavy atom. The first-order chi connectivity index (χ1) is 20.0. The van der Waals surface area contributed by atoms with E-state index in [1.165, 1.54) is 29.2 Å². The molecule has 0 unspecified atom stereocenters. The van der Waals surface area contributed by atoms with Crippen LogP contribution in [0.15, 0.2) is 76.1 Å². The summed E-state index contributed by atoms with van der Waals surface area (Å²) in [5.41, 5.74) is 3.08. The quantitative estimate of drug-likeness (QED) is 0.257. The molecule has 0 aliphatic heterocycles. The van der Waals surface area contributed by atoms with Gasteiger partial charge in [-0.2, -0.15) is 0 Å². The number of nitrogens with one attached hydrogen (secondary N) is 1. The summed E-state index contributed by atoms with van der Waals surface area (Å²) < 4.78 is 30.0. The second-order valence-electron chi connectivity index (χ2n) is 10.9. The second kappa shape index (κ2) is 14.1.